The molecular weight excluding hydrogens is 238 g/mol. The molecule has 0 spiro atoms. The van der Waals surface area contributed by atoms with Crippen molar-refractivity contribution in [3.8, 4) is 17.7 Å². The first kappa shape index (κ1) is 11.2. The summed E-state index contributed by atoms with van der Waals surface area (Å²) in [6, 6.07) is 15.0. The summed E-state index contributed by atoms with van der Waals surface area (Å²) >= 11 is 0. The van der Waals surface area contributed by atoms with Gasteiger partial charge in [-0.1, -0.05) is 18.2 Å². The molecule has 4 nitrogen and oxygen atoms in total. The quantitative estimate of drug-likeness (QED) is 0.697. The van der Waals surface area contributed by atoms with Crippen molar-refractivity contribution in [2.45, 2.75) is 0 Å². The molecule has 2 aromatic heterocycles. The molecule has 4 heteroatoms. The standard InChI is InChI=1S/C15H9N3O/c16-9-12-5-3-7-17-15(12)19-13-8-11-4-1-2-6-14(11)18-10-13/h1-8,10H. The van der Waals surface area contributed by atoms with Crippen molar-refractivity contribution in [1.29, 1.82) is 5.26 Å². The number of para-hydroxylation sites is 1. The van der Waals surface area contributed by atoms with E-state index in [0.29, 0.717) is 17.2 Å². The summed E-state index contributed by atoms with van der Waals surface area (Å²) in [4.78, 5) is 8.35. The molecular formula is C15H9N3O. The Morgan fingerprint density at radius 2 is 1.95 bits per heavy atom. The number of hydrogen-bond acceptors (Lipinski definition) is 4. The Balaban J connectivity index is 1.99. The van der Waals surface area contributed by atoms with Crippen LogP contribution in [-0.4, -0.2) is 9.97 Å². The third kappa shape index (κ3) is 2.22. The van der Waals surface area contributed by atoms with Gasteiger partial charge in [0.1, 0.15) is 17.4 Å². The highest BCUT2D eigenvalue weighted by atomic mass is 16.5. The second-order valence-corrected chi connectivity index (χ2v) is 3.93. The van der Waals surface area contributed by atoms with Crippen molar-refractivity contribution in [2.24, 2.45) is 0 Å². The number of benzene rings is 1. The van der Waals surface area contributed by atoms with Gasteiger partial charge in [0, 0.05) is 11.6 Å². The summed E-state index contributed by atoms with van der Waals surface area (Å²) in [5.74, 6) is 0.857. The van der Waals surface area contributed by atoms with E-state index < -0.39 is 0 Å². The van der Waals surface area contributed by atoms with Crippen LogP contribution >= 0.6 is 0 Å². The average Bonchev–Trinajstić information content (AvgIpc) is 2.48. The molecule has 90 valence electrons. The van der Waals surface area contributed by atoms with Crippen LogP contribution in [0.5, 0.6) is 11.6 Å². The molecule has 0 amide bonds. The van der Waals surface area contributed by atoms with E-state index in [1.165, 1.54) is 0 Å². The second-order valence-electron chi connectivity index (χ2n) is 3.93. The van der Waals surface area contributed by atoms with Crippen LogP contribution in [0.3, 0.4) is 0 Å². The van der Waals surface area contributed by atoms with Crippen molar-refractivity contribution < 1.29 is 4.74 Å². The summed E-state index contributed by atoms with van der Waals surface area (Å²) in [5, 5.41) is 9.96. The van der Waals surface area contributed by atoms with Crippen molar-refractivity contribution in [1.82, 2.24) is 9.97 Å². The van der Waals surface area contributed by atoms with E-state index in [1.807, 2.05) is 36.4 Å². The van der Waals surface area contributed by atoms with Crippen LogP contribution in [0.4, 0.5) is 0 Å². The highest BCUT2D eigenvalue weighted by molar-refractivity contribution is 5.79. The van der Waals surface area contributed by atoms with Gasteiger partial charge in [0.15, 0.2) is 0 Å². The summed E-state index contributed by atoms with van der Waals surface area (Å²) in [6.45, 7) is 0. The van der Waals surface area contributed by atoms with Gasteiger partial charge in [0.2, 0.25) is 5.88 Å². The third-order valence-corrected chi connectivity index (χ3v) is 2.67. The number of nitrogens with zero attached hydrogens (tertiary/aromatic N) is 3. The van der Waals surface area contributed by atoms with Crippen molar-refractivity contribution in [2.75, 3.05) is 0 Å². The van der Waals surface area contributed by atoms with E-state index >= 15 is 0 Å². The van der Waals surface area contributed by atoms with Gasteiger partial charge in [0.05, 0.1) is 11.7 Å². The van der Waals surface area contributed by atoms with Gasteiger partial charge in [-0.25, -0.2) is 4.98 Å². The molecule has 0 bridgehead atoms. The lowest BCUT2D eigenvalue weighted by Gasteiger charge is -2.06. The molecule has 0 radical (unpaired) electrons. The van der Waals surface area contributed by atoms with Gasteiger partial charge in [-0.2, -0.15) is 5.26 Å². The van der Waals surface area contributed by atoms with E-state index in [4.69, 9.17) is 10.00 Å². The topological polar surface area (TPSA) is 58.8 Å². The van der Waals surface area contributed by atoms with Gasteiger partial charge >= 0.3 is 0 Å². The zero-order valence-electron chi connectivity index (χ0n) is 9.95. The van der Waals surface area contributed by atoms with Crippen LogP contribution in [0.1, 0.15) is 5.56 Å². The molecule has 0 aliphatic rings. The minimum Gasteiger partial charge on any atom is -0.436 e. The Hall–Kier alpha value is -2.93. The fourth-order valence-electron chi connectivity index (χ4n) is 1.78. The van der Waals surface area contributed by atoms with Crippen molar-refractivity contribution in [3.63, 3.8) is 0 Å². The first-order valence-electron chi connectivity index (χ1n) is 5.74. The monoisotopic (exact) mass is 247 g/mol. The molecule has 0 saturated carbocycles. The van der Waals surface area contributed by atoms with E-state index in [2.05, 4.69) is 9.97 Å². The normalized spacial score (nSPS) is 10.1. The van der Waals surface area contributed by atoms with Crippen LogP contribution in [0.25, 0.3) is 10.9 Å². The lowest BCUT2D eigenvalue weighted by atomic mass is 10.2. The molecule has 19 heavy (non-hydrogen) atoms. The number of hydrogen-bond donors (Lipinski definition) is 0. The molecule has 3 aromatic rings. The lowest BCUT2D eigenvalue weighted by molar-refractivity contribution is 0.460. The molecule has 0 aliphatic heterocycles. The number of rotatable bonds is 2. The number of fused-ring (bicyclic) bond motifs is 1. The van der Waals surface area contributed by atoms with Crippen molar-refractivity contribution >= 4 is 10.9 Å². The predicted molar refractivity (Wildman–Crippen MR) is 70.8 cm³/mol. The minimum absolute atomic E-state index is 0.294. The molecule has 0 unspecified atom stereocenters. The Kier molecular flexibility index (Phi) is 2.79. The molecule has 0 fully saturated rings. The van der Waals surface area contributed by atoms with Crippen LogP contribution in [0.15, 0.2) is 54.9 Å². The number of pyridine rings is 2. The summed E-state index contributed by atoms with van der Waals surface area (Å²) in [5.41, 5.74) is 1.30. The summed E-state index contributed by atoms with van der Waals surface area (Å²) < 4.78 is 5.61. The first-order valence-corrected chi connectivity index (χ1v) is 5.74. The van der Waals surface area contributed by atoms with E-state index in [9.17, 15) is 0 Å². The molecule has 3 rings (SSSR count). The van der Waals surface area contributed by atoms with E-state index in [1.54, 1.807) is 24.5 Å². The number of ether oxygens (including phenoxy) is 1. The van der Waals surface area contributed by atoms with E-state index in [-0.39, 0.29) is 0 Å². The van der Waals surface area contributed by atoms with Crippen molar-refractivity contribution in [3.05, 3.63) is 60.4 Å². The molecule has 0 aliphatic carbocycles. The number of nitriles is 1. The maximum Gasteiger partial charge on any atom is 0.237 e. The highest BCUT2D eigenvalue weighted by Crippen LogP contribution is 2.24. The summed E-state index contributed by atoms with van der Waals surface area (Å²) in [6.07, 6.45) is 3.21. The lowest BCUT2D eigenvalue weighted by Crippen LogP contribution is -1.92. The highest BCUT2D eigenvalue weighted by Gasteiger charge is 2.06. The maximum absolute atomic E-state index is 8.98. The zero-order chi connectivity index (χ0) is 13.1. The van der Waals surface area contributed by atoms with Gasteiger partial charge in [-0.3, -0.25) is 4.98 Å². The smallest absolute Gasteiger partial charge is 0.237 e. The Bertz CT molecular complexity index is 777. The number of aromatic nitrogens is 2. The largest absolute Gasteiger partial charge is 0.436 e. The molecule has 0 atom stereocenters. The van der Waals surface area contributed by atoms with E-state index in [0.717, 1.165) is 10.9 Å². The second kappa shape index (κ2) is 4.75. The summed E-state index contributed by atoms with van der Waals surface area (Å²) in [7, 11) is 0. The van der Waals surface area contributed by atoms with Crippen LogP contribution in [0.2, 0.25) is 0 Å². The molecule has 0 saturated heterocycles. The van der Waals surface area contributed by atoms with Gasteiger partial charge in [0.25, 0.3) is 0 Å². The first-order chi connectivity index (χ1) is 9.36. The Morgan fingerprint density at radius 1 is 1.05 bits per heavy atom. The predicted octanol–water partition coefficient (Wildman–Crippen LogP) is 3.29. The molecule has 2 heterocycles. The zero-order valence-corrected chi connectivity index (χ0v) is 9.95. The Morgan fingerprint density at radius 3 is 2.84 bits per heavy atom. The Labute approximate surface area is 109 Å². The average molecular weight is 247 g/mol. The van der Waals surface area contributed by atoms with Crippen LogP contribution in [0, 0.1) is 11.3 Å². The fourth-order valence-corrected chi connectivity index (χ4v) is 1.78. The fraction of sp³-hybridized carbons (Fsp3) is 0. The third-order valence-electron chi connectivity index (χ3n) is 2.67. The molecule has 0 N–H and O–H groups in total. The van der Waals surface area contributed by atoms with Gasteiger partial charge < -0.3 is 4.74 Å². The maximum atomic E-state index is 8.98. The minimum atomic E-state index is 0.294. The molecule has 1 aromatic carbocycles. The van der Waals surface area contributed by atoms with Gasteiger partial charge in [-0.05, 0) is 24.3 Å². The van der Waals surface area contributed by atoms with Crippen LogP contribution < -0.4 is 4.74 Å². The van der Waals surface area contributed by atoms with Crippen LogP contribution in [-0.2, 0) is 0 Å². The van der Waals surface area contributed by atoms with Gasteiger partial charge in [-0.15, -0.1) is 0 Å². The SMILES string of the molecule is N#Cc1cccnc1Oc1cnc2ccccc2c1.